The molecule has 0 saturated carbocycles. The molecule has 0 fully saturated rings. The molecule has 0 aliphatic carbocycles. The predicted molar refractivity (Wildman–Crippen MR) is 311 cm³/mol. The monoisotopic (exact) mass is 975 g/mol. The summed E-state index contributed by atoms with van der Waals surface area (Å²) in [5.41, 5.74) is 26.6. The molecule has 0 bridgehead atoms. The first-order valence-electron chi connectivity index (χ1n) is 26.8. The fraction of sp³-hybridized carbons (Fsp3) is 0.362. The van der Waals surface area contributed by atoms with Gasteiger partial charge in [-0.3, -0.25) is 0 Å². The highest BCUT2D eigenvalue weighted by Crippen LogP contribution is 2.28. The van der Waals surface area contributed by atoms with E-state index in [1.54, 1.807) is 0 Å². The van der Waals surface area contributed by atoms with Gasteiger partial charge in [-0.1, -0.05) is 122 Å². The van der Waals surface area contributed by atoms with Crippen molar-refractivity contribution in [2.24, 2.45) is 28.2 Å². The molecule has 0 aliphatic heterocycles. The lowest BCUT2D eigenvalue weighted by atomic mass is 9.95. The third kappa shape index (κ3) is 15.3. The molecule has 4 nitrogen and oxygen atoms in total. The fourth-order valence-electron chi connectivity index (χ4n) is 9.55. The van der Waals surface area contributed by atoms with E-state index >= 15 is 0 Å². The largest absolute Gasteiger partial charge is 0.212 e. The van der Waals surface area contributed by atoms with Crippen LogP contribution in [-0.4, -0.2) is 0 Å². The van der Waals surface area contributed by atoms with Gasteiger partial charge in [0.05, 0.1) is 0 Å². The third-order valence-corrected chi connectivity index (χ3v) is 14.2. The first-order chi connectivity index (χ1) is 34.5. The molecule has 73 heavy (non-hydrogen) atoms. The lowest BCUT2D eigenvalue weighted by Gasteiger charge is -2.11. The van der Waals surface area contributed by atoms with Gasteiger partial charge in [-0.15, -0.1) is 0 Å². The van der Waals surface area contributed by atoms with E-state index in [1.165, 1.54) is 112 Å². The molecule has 4 heteroatoms. The quantitative estimate of drug-likeness (QED) is 0.128. The van der Waals surface area contributed by atoms with Crippen molar-refractivity contribution >= 4 is 0 Å². The number of nitrogens with zero attached hydrogens (tertiary/aromatic N) is 4. The number of rotatable bonds is 9. The minimum atomic E-state index is 0.569. The first-order valence-corrected chi connectivity index (χ1v) is 26.8. The maximum atomic E-state index is 2.32. The molecule has 0 radical (unpaired) electrons. The second kappa shape index (κ2) is 25.9. The molecule has 0 saturated heterocycles. The van der Waals surface area contributed by atoms with E-state index in [9.17, 15) is 0 Å². The van der Waals surface area contributed by atoms with Crippen LogP contribution in [0, 0.1) is 48.5 Å². The van der Waals surface area contributed by atoms with Crippen LogP contribution < -0.4 is 18.3 Å². The van der Waals surface area contributed by atoms with Gasteiger partial charge in [-0.05, 0) is 160 Å². The summed E-state index contributed by atoms with van der Waals surface area (Å²) in [6.45, 7) is 35.2. The minimum Gasteiger partial charge on any atom is -0.201 e. The highest BCUT2D eigenvalue weighted by Gasteiger charge is 2.18. The summed E-state index contributed by atoms with van der Waals surface area (Å²) in [4.78, 5) is 0. The zero-order valence-corrected chi connectivity index (χ0v) is 48.7. The Morgan fingerprint density at radius 1 is 0.301 bits per heavy atom. The molecule has 4 heterocycles. The van der Waals surface area contributed by atoms with Gasteiger partial charge >= 0.3 is 0 Å². The predicted octanol–water partition coefficient (Wildman–Crippen LogP) is 15.9. The molecule has 0 unspecified atom stereocenters. The van der Waals surface area contributed by atoms with E-state index in [2.05, 4.69) is 303 Å². The highest BCUT2D eigenvalue weighted by atomic mass is 14.9. The van der Waals surface area contributed by atoms with Crippen molar-refractivity contribution in [2.75, 3.05) is 0 Å². The van der Waals surface area contributed by atoms with Crippen molar-refractivity contribution < 1.29 is 18.3 Å². The number of aromatic nitrogens is 4. The second-order valence-corrected chi connectivity index (χ2v) is 21.9. The van der Waals surface area contributed by atoms with Crippen LogP contribution in [0.15, 0.2) is 146 Å². The molecule has 4 aromatic heterocycles. The molecule has 0 amide bonds. The summed E-state index contributed by atoms with van der Waals surface area (Å²) in [6, 6.07) is 44.7. The van der Waals surface area contributed by atoms with Crippen molar-refractivity contribution in [1.29, 1.82) is 0 Å². The minimum absolute atomic E-state index is 0.569. The van der Waals surface area contributed by atoms with E-state index in [0.717, 1.165) is 6.42 Å². The van der Waals surface area contributed by atoms with Crippen LogP contribution in [0.5, 0.6) is 0 Å². The molecular formula is C69H90N4+4. The van der Waals surface area contributed by atoms with Gasteiger partial charge in [0.2, 0.25) is 22.8 Å². The van der Waals surface area contributed by atoms with Gasteiger partial charge in [0.1, 0.15) is 28.2 Å². The van der Waals surface area contributed by atoms with Crippen molar-refractivity contribution in [1.82, 2.24) is 0 Å². The molecule has 4 aromatic carbocycles. The van der Waals surface area contributed by atoms with Crippen molar-refractivity contribution in [3.63, 3.8) is 0 Å². The normalized spacial score (nSPS) is 11.0. The molecule has 382 valence electrons. The van der Waals surface area contributed by atoms with Gasteiger partial charge in [0.25, 0.3) is 0 Å². The third-order valence-electron chi connectivity index (χ3n) is 14.2. The highest BCUT2D eigenvalue weighted by molar-refractivity contribution is 5.64. The summed E-state index contributed by atoms with van der Waals surface area (Å²) in [5.74, 6) is 2.31. The van der Waals surface area contributed by atoms with Gasteiger partial charge in [-0.25, -0.2) is 18.3 Å². The van der Waals surface area contributed by atoms with Crippen LogP contribution in [0.3, 0.4) is 0 Å². The number of benzene rings is 4. The number of hydrogen-bond acceptors (Lipinski definition) is 0. The van der Waals surface area contributed by atoms with Crippen LogP contribution in [0.25, 0.3) is 45.0 Å². The average Bonchev–Trinajstić information content (AvgIpc) is 3.33. The van der Waals surface area contributed by atoms with E-state index < -0.39 is 0 Å². The van der Waals surface area contributed by atoms with Crippen LogP contribution in [0.1, 0.15) is 153 Å². The summed E-state index contributed by atoms with van der Waals surface area (Å²) in [6.07, 6.45) is 9.95. The van der Waals surface area contributed by atoms with Gasteiger partial charge in [0.15, 0.2) is 24.8 Å². The summed E-state index contributed by atoms with van der Waals surface area (Å²) >= 11 is 0. The zero-order chi connectivity index (χ0) is 53.8. The molecule has 0 N–H and O–H groups in total. The Morgan fingerprint density at radius 3 is 0.890 bits per heavy atom. The summed E-state index contributed by atoms with van der Waals surface area (Å²) in [5, 5.41) is 0. The number of aryl methyl sites for hydroxylation is 12. The number of hydrogen-bond donors (Lipinski definition) is 0. The summed E-state index contributed by atoms with van der Waals surface area (Å²) in [7, 11) is 8.49. The Morgan fingerprint density at radius 2 is 0.589 bits per heavy atom. The van der Waals surface area contributed by atoms with Crippen LogP contribution >= 0.6 is 0 Å². The second-order valence-electron chi connectivity index (χ2n) is 21.9. The van der Waals surface area contributed by atoms with E-state index in [-0.39, 0.29) is 0 Å². The van der Waals surface area contributed by atoms with Crippen LogP contribution in [0.4, 0.5) is 0 Å². The van der Waals surface area contributed by atoms with Crippen LogP contribution in [-0.2, 0) is 34.6 Å². The Hall–Kier alpha value is -6.52. The molecular weight excluding hydrogens is 885 g/mol. The van der Waals surface area contributed by atoms with Gasteiger partial charge < -0.3 is 0 Å². The fourth-order valence-corrected chi connectivity index (χ4v) is 9.55. The SMILES string of the molecule is CCc1ccc(-c2ccc(C)cc2C)[n+](C)c1.Cc1cc(C(C)C)ccc1-c1ccc(C(C)C)c[n+]1C.Cc1ccc(-c2ccc(C(C)C)c[n+]2C)c(C)c1.Cc1ccc(-c2ccc(C(C)C)cc2C)[n+](C)c1. The van der Waals surface area contributed by atoms with Crippen molar-refractivity contribution in [3.8, 4) is 45.0 Å². The molecule has 0 aliphatic rings. The standard InChI is InChI=1S/C19H26N.2C17H22N.C16H20N/c1-13(2)16-7-9-18(15(5)11-16)19-10-8-17(14(3)4)12-20(19)6;1-12(2)15-7-8-16(14(4)10-15)17-9-6-13(3)11-18(17)5;1-12(2)15-7-9-17(18(5)11-15)16-8-6-13(3)10-14(16)4;1-5-14-7-9-16(17(4)11-14)15-8-6-12(2)10-13(15)3/h7-14H,1-6H3;2*6-12H,1-5H3;6-11H,5H2,1-4H3/q4*+1. The lowest BCUT2D eigenvalue weighted by molar-refractivity contribution is -0.661. The first kappa shape index (κ1) is 57.4. The number of pyridine rings is 4. The van der Waals surface area contributed by atoms with E-state index in [4.69, 9.17) is 0 Å². The molecule has 0 spiro atoms. The maximum absolute atomic E-state index is 2.32. The van der Waals surface area contributed by atoms with Gasteiger partial charge in [-0.2, -0.15) is 0 Å². The average molecular weight is 976 g/mol. The zero-order valence-electron chi connectivity index (χ0n) is 48.7. The van der Waals surface area contributed by atoms with E-state index in [0.29, 0.717) is 23.7 Å². The Kier molecular flexibility index (Phi) is 20.4. The Bertz CT molecular complexity index is 2970. The van der Waals surface area contributed by atoms with Gasteiger partial charge in [0, 0.05) is 68.8 Å². The lowest BCUT2D eigenvalue weighted by Crippen LogP contribution is -2.31. The molecule has 8 aromatic rings. The smallest absolute Gasteiger partial charge is 0.201 e. The summed E-state index contributed by atoms with van der Waals surface area (Å²) < 4.78 is 8.89. The van der Waals surface area contributed by atoms with Crippen molar-refractivity contribution in [2.45, 2.75) is 141 Å². The Balaban J connectivity index is 0.000000181. The Labute approximate surface area is 443 Å². The van der Waals surface area contributed by atoms with E-state index in [1.807, 2.05) is 0 Å². The van der Waals surface area contributed by atoms with Crippen LogP contribution in [0.2, 0.25) is 0 Å². The topological polar surface area (TPSA) is 15.5 Å². The van der Waals surface area contributed by atoms with Crippen molar-refractivity contribution in [3.05, 3.63) is 213 Å². The molecule has 0 atom stereocenters. The molecule has 8 rings (SSSR count). The maximum Gasteiger partial charge on any atom is 0.212 e.